The maximum Gasteiger partial charge on any atom is 0.132 e. The smallest absolute Gasteiger partial charge is 0.132 e. The Bertz CT molecular complexity index is 344. The first kappa shape index (κ1) is 11.2. The van der Waals surface area contributed by atoms with Crippen molar-refractivity contribution in [3.05, 3.63) is 27.6 Å². The van der Waals surface area contributed by atoms with E-state index in [2.05, 4.69) is 26.4 Å². The fourth-order valence-electron chi connectivity index (χ4n) is 1.09. The van der Waals surface area contributed by atoms with E-state index >= 15 is 0 Å². The summed E-state index contributed by atoms with van der Waals surface area (Å²) in [5, 5.41) is 6.19. The van der Waals surface area contributed by atoms with E-state index in [-0.39, 0.29) is 5.54 Å². The first-order chi connectivity index (χ1) is 6.42. The Morgan fingerprint density at radius 2 is 2.00 bits per heavy atom. The third-order valence-electron chi connectivity index (χ3n) is 1.57. The predicted octanol–water partition coefficient (Wildman–Crippen LogP) is 4.06. The lowest BCUT2D eigenvalue weighted by atomic mass is 10.1. The van der Waals surface area contributed by atoms with Gasteiger partial charge in [0, 0.05) is 10.0 Å². The van der Waals surface area contributed by atoms with Crippen LogP contribution in [0.25, 0.3) is 0 Å². The summed E-state index contributed by atoms with van der Waals surface area (Å²) >= 11 is 3.29. The highest BCUT2D eigenvalue weighted by Crippen LogP contribution is 2.30. The topological polar surface area (TPSA) is 41.5 Å². The van der Waals surface area contributed by atoms with Gasteiger partial charge >= 0.3 is 0 Å². The van der Waals surface area contributed by atoms with Gasteiger partial charge in [-0.1, -0.05) is 15.9 Å². The van der Waals surface area contributed by atoms with Crippen molar-refractivity contribution in [3.63, 3.8) is 0 Å². The summed E-state index contributed by atoms with van der Waals surface area (Å²) < 4.78 is 0.853. The van der Waals surface area contributed by atoms with Crippen LogP contribution in [0.4, 0.5) is 11.4 Å². The zero-order valence-corrected chi connectivity index (χ0v) is 10.1. The maximum absolute atomic E-state index is 10.6. The number of halogens is 1. The number of hydrogen-bond donors (Lipinski definition) is 1. The first-order valence-electron chi connectivity index (χ1n) is 4.33. The summed E-state index contributed by atoms with van der Waals surface area (Å²) in [5.74, 6) is 0. The summed E-state index contributed by atoms with van der Waals surface area (Å²) in [7, 11) is 0. The van der Waals surface area contributed by atoms with Crippen molar-refractivity contribution >= 4 is 27.3 Å². The highest BCUT2D eigenvalue weighted by atomic mass is 79.9. The van der Waals surface area contributed by atoms with Crippen molar-refractivity contribution in [2.75, 3.05) is 5.32 Å². The van der Waals surface area contributed by atoms with Gasteiger partial charge in [0.05, 0.1) is 5.69 Å². The van der Waals surface area contributed by atoms with E-state index in [0.29, 0.717) is 5.69 Å². The molecule has 76 valence electrons. The number of nitrogens with zero attached hydrogens (tertiary/aromatic N) is 1. The number of benzene rings is 1. The van der Waals surface area contributed by atoms with Crippen LogP contribution < -0.4 is 5.32 Å². The van der Waals surface area contributed by atoms with Crippen LogP contribution >= 0.6 is 15.9 Å². The maximum atomic E-state index is 10.6. The zero-order valence-electron chi connectivity index (χ0n) is 8.47. The van der Waals surface area contributed by atoms with Gasteiger partial charge in [-0.15, -0.1) is 4.91 Å². The van der Waals surface area contributed by atoms with Crippen LogP contribution in [0.2, 0.25) is 0 Å². The quantitative estimate of drug-likeness (QED) is 0.812. The largest absolute Gasteiger partial charge is 0.379 e. The molecule has 1 rings (SSSR count). The van der Waals surface area contributed by atoms with E-state index in [1.54, 1.807) is 6.07 Å². The molecule has 0 bridgehead atoms. The van der Waals surface area contributed by atoms with Gasteiger partial charge in [-0.05, 0) is 44.1 Å². The average Bonchev–Trinajstić information content (AvgIpc) is 2.06. The van der Waals surface area contributed by atoms with Crippen molar-refractivity contribution in [1.82, 2.24) is 0 Å². The molecular formula is C10H13BrN2O. The highest BCUT2D eigenvalue weighted by molar-refractivity contribution is 9.10. The van der Waals surface area contributed by atoms with Gasteiger partial charge in [0.1, 0.15) is 5.69 Å². The molecule has 4 heteroatoms. The van der Waals surface area contributed by atoms with Crippen molar-refractivity contribution in [3.8, 4) is 0 Å². The minimum absolute atomic E-state index is 0.0761. The second-order valence-electron chi connectivity index (χ2n) is 4.13. The number of rotatable bonds is 2. The molecule has 0 amide bonds. The molecule has 0 spiro atoms. The van der Waals surface area contributed by atoms with Crippen LogP contribution in [0.3, 0.4) is 0 Å². The predicted molar refractivity (Wildman–Crippen MR) is 63.0 cm³/mol. The standard InChI is InChI=1S/C10H13BrN2O/c1-10(2,3)12-8-5-4-7(11)6-9(8)13-14/h4-6,12H,1-3H3. The second kappa shape index (κ2) is 4.09. The molecule has 0 fully saturated rings. The Labute approximate surface area is 92.0 Å². The molecule has 14 heavy (non-hydrogen) atoms. The van der Waals surface area contributed by atoms with Crippen molar-refractivity contribution in [2.45, 2.75) is 26.3 Å². The number of nitrogens with one attached hydrogen (secondary N) is 1. The molecule has 0 aliphatic heterocycles. The van der Waals surface area contributed by atoms with Crippen molar-refractivity contribution in [2.24, 2.45) is 5.18 Å². The molecule has 1 aromatic rings. The van der Waals surface area contributed by atoms with Crippen LogP contribution in [0, 0.1) is 4.91 Å². The Balaban J connectivity index is 3.03. The fourth-order valence-corrected chi connectivity index (χ4v) is 1.44. The first-order valence-corrected chi connectivity index (χ1v) is 5.13. The van der Waals surface area contributed by atoms with Gasteiger partial charge in [-0.25, -0.2) is 0 Å². The summed E-state index contributed by atoms with van der Waals surface area (Å²) in [6.45, 7) is 6.09. The van der Waals surface area contributed by atoms with Gasteiger partial charge in [-0.2, -0.15) is 0 Å². The SMILES string of the molecule is CC(C)(C)Nc1ccc(Br)cc1N=O. The van der Waals surface area contributed by atoms with E-state index in [1.807, 2.05) is 32.9 Å². The molecule has 0 heterocycles. The summed E-state index contributed by atoms with van der Waals surface area (Å²) in [6.07, 6.45) is 0. The van der Waals surface area contributed by atoms with Crippen LogP contribution in [0.5, 0.6) is 0 Å². The Morgan fingerprint density at radius 1 is 1.36 bits per heavy atom. The molecule has 0 radical (unpaired) electrons. The molecule has 0 saturated carbocycles. The van der Waals surface area contributed by atoms with Crippen LogP contribution in [-0.2, 0) is 0 Å². The van der Waals surface area contributed by atoms with Crippen LogP contribution in [0.15, 0.2) is 27.8 Å². The molecule has 0 saturated heterocycles. The fraction of sp³-hybridized carbons (Fsp3) is 0.400. The molecule has 1 N–H and O–H groups in total. The van der Waals surface area contributed by atoms with E-state index in [9.17, 15) is 4.91 Å². The highest BCUT2D eigenvalue weighted by Gasteiger charge is 2.12. The Kier molecular flexibility index (Phi) is 3.26. The summed E-state index contributed by atoms with van der Waals surface area (Å²) in [5.41, 5.74) is 1.11. The molecule has 1 aromatic carbocycles. The van der Waals surface area contributed by atoms with E-state index in [4.69, 9.17) is 0 Å². The third kappa shape index (κ3) is 3.10. The molecule has 0 aliphatic rings. The van der Waals surface area contributed by atoms with Gasteiger partial charge in [-0.3, -0.25) is 0 Å². The molecular weight excluding hydrogens is 244 g/mol. The monoisotopic (exact) mass is 256 g/mol. The van der Waals surface area contributed by atoms with Crippen LogP contribution in [0.1, 0.15) is 20.8 Å². The normalized spacial score (nSPS) is 11.1. The Morgan fingerprint density at radius 3 is 2.50 bits per heavy atom. The molecule has 0 aliphatic carbocycles. The number of anilines is 1. The second-order valence-corrected chi connectivity index (χ2v) is 5.04. The van der Waals surface area contributed by atoms with Gasteiger partial charge in [0.15, 0.2) is 0 Å². The van der Waals surface area contributed by atoms with Crippen molar-refractivity contribution in [1.29, 1.82) is 0 Å². The van der Waals surface area contributed by atoms with E-state index < -0.39 is 0 Å². The van der Waals surface area contributed by atoms with E-state index in [0.717, 1.165) is 10.2 Å². The van der Waals surface area contributed by atoms with Crippen LogP contribution in [-0.4, -0.2) is 5.54 Å². The van der Waals surface area contributed by atoms with Gasteiger partial charge in [0.25, 0.3) is 0 Å². The molecule has 0 unspecified atom stereocenters. The lowest BCUT2D eigenvalue weighted by Gasteiger charge is -2.22. The average molecular weight is 257 g/mol. The zero-order chi connectivity index (χ0) is 10.8. The van der Waals surface area contributed by atoms with Crippen molar-refractivity contribution < 1.29 is 0 Å². The third-order valence-corrected chi connectivity index (χ3v) is 2.06. The Hall–Kier alpha value is -0.900. The molecule has 0 atom stereocenters. The lowest BCUT2D eigenvalue weighted by Crippen LogP contribution is -2.26. The summed E-state index contributed by atoms with van der Waals surface area (Å²) in [4.78, 5) is 10.6. The minimum Gasteiger partial charge on any atom is -0.379 e. The number of hydrogen-bond acceptors (Lipinski definition) is 3. The molecule has 3 nitrogen and oxygen atoms in total. The minimum atomic E-state index is -0.0761. The molecule has 0 aromatic heterocycles. The summed E-state index contributed by atoms with van der Waals surface area (Å²) in [6, 6.07) is 5.41. The van der Waals surface area contributed by atoms with Gasteiger partial charge in [0.2, 0.25) is 0 Å². The van der Waals surface area contributed by atoms with Gasteiger partial charge < -0.3 is 5.32 Å². The van der Waals surface area contributed by atoms with E-state index in [1.165, 1.54) is 0 Å². The number of nitroso groups, excluding NO2 is 1. The lowest BCUT2D eigenvalue weighted by molar-refractivity contribution is 0.634.